The number of hydrogen-bond acceptors (Lipinski definition) is 2. The van der Waals surface area contributed by atoms with E-state index in [0.717, 1.165) is 12.1 Å². The fourth-order valence-corrected chi connectivity index (χ4v) is 1.07. The monoisotopic (exact) mass is 154 g/mol. The minimum Gasteiger partial charge on any atom is -0.504 e. The highest BCUT2D eigenvalue weighted by atomic mass is 16.3. The van der Waals surface area contributed by atoms with Crippen LogP contribution in [0.25, 0.3) is 0 Å². The zero-order valence-corrected chi connectivity index (χ0v) is 7.20. The summed E-state index contributed by atoms with van der Waals surface area (Å²) in [6.45, 7) is 4.24. The quantitative estimate of drug-likeness (QED) is 0.697. The van der Waals surface area contributed by atoms with E-state index in [0.29, 0.717) is 11.7 Å². The molecule has 0 unspecified atom stereocenters. The van der Waals surface area contributed by atoms with E-state index in [9.17, 15) is 5.11 Å². The third-order valence-corrected chi connectivity index (χ3v) is 1.64. The maximum atomic E-state index is 9.30. The van der Waals surface area contributed by atoms with Crippen molar-refractivity contribution in [3.05, 3.63) is 11.9 Å². The third-order valence-electron chi connectivity index (χ3n) is 1.64. The predicted octanol–water partition coefficient (Wildman–Crippen LogP) is 1.32. The van der Waals surface area contributed by atoms with Crippen molar-refractivity contribution in [2.75, 3.05) is 0 Å². The number of hydrogen-bond donors (Lipinski definition) is 1. The topological polar surface area (TPSA) is 38.1 Å². The first-order valence-electron chi connectivity index (χ1n) is 3.81. The number of nitrogens with zero attached hydrogens (tertiary/aromatic N) is 2. The van der Waals surface area contributed by atoms with Crippen molar-refractivity contribution in [3.8, 4) is 5.75 Å². The zero-order chi connectivity index (χ0) is 8.43. The Morgan fingerprint density at radius 1 is 1.64 bits per heavy atom. The summed E-state index contributed by atoms with van der Waals surface area (Å²) in [7, 11) is 1.84. The molecule has 0 bridgehead atoms. The second-order valence-corrected chi connectivity index (χ2v) is 3.20. The van der Waals surface area contributed by atoms with Crippen LogP contribution in [0.5, 0.6) is 5.75 Å². The smallest absolute Gasteiger partial charge is 0.156 e. The molecule has 0 radical (unpaired) electrons. The first-order chi connectivity index (χ1) is 5.11. The van der Waals surface area contributed by atoms with Crippen LogP contribution in [0.1, 0.15) is 19.5 Å². The molecule has 1 heterocycles. The molecule has 0 aliphatic heterocycles. The standard InChI is InChI=1S/C8H14N2O/c1-6(2)4-7-8(11)5-9-10(7)3/h5-6,11H,4H2,1-3H3. The van der Waals surface area contributed by atoms with Crippen LogP contribution >= 0.6 is 0 Å². The van der Waals surface area contributed by atoms with E-state index in [-0.39, 0.29) is 0 Å². The molecule has 0 aromatic carbocycles. The fraction of sp³-hybridized carbons (Fsp3) is 0.625. The highest BCUT2D eigenvalue weighted by Gasteiger charge is 2.07. The number of rotatable bonds is 2. The van der Waals surface area contributed by atoms with Crippen LogP contribution < -0.4 is 0 Å². The molecule has 0 fully saturated rings. The largest absolute Gasteiger partial charge is 0.504 e. The van der Waals surface area contributed by atoms with Gasteiger partial charge in [0.2, 0.25) is 0 Å². The number of aryl methyl sites for hydroxylation is 1. The zero-order valence-electron chi connectivity index (χ0n) is 7.20. The van der Waals surface area contributed by atoms with Crippen molar-refractivity contribution in [3.63, 3.8) is 0 Å². The average molecular weight is 154 g/mol. The summed E-state index contributed by atoms with van der Waals surface area (Å²) in [5.74, 6) is 0.859. The summed E-state index contributed by atoms with van der Waals surface area (Å²) in [6.07, 6.45) is 2.36. The molecular formula is C8H14N2O. The van der Waals surface area contributed by atoms with Crippen LogP contribution in [0, 0.1) is 5.92 Å². The van der Waals surface area contributed by atoms with E-state index in [1.165, 1.54) is 6.20 Å². The summed E-state index contributed by atoms with van der Waals surface area (Å²) < 4.78 is 1.72. The Morgan fingerprint density at radius 2 is 2.27 bits per heavy atom. The van der Waals surface area contributed by atoms with Crippen LogP contribution in [0.4, 0.5) is 0 Å². The molecule has 1 N–H and O–H groups in total. The first-order valence-corrected chi connectivity index (χ1v) is 3.81. The van der Waals surface area contributed by atoms with Crippen molar-refractivity contribution in [1.82, 2.24) is 9.78 Å². The van der Waals surface area contributed by atoms with Crippen LogP contribution in [-0.4, -0.2) is 14.9 Å². The van der Waals surface area contributed by atoms with Gasteiger partial charge < -0.3 is 5.11 Å². The van der Waals surface area contributed by atoms with Gasteiger partial charge >= 0.3 is 0 Å². The Labute approximate surface area is 66.7 Å². The van der Waals surface area contributed by atoms with E-state index < -0.39 is 0 Å². The van der Waals surface area contributed by atoms with Crippen molar-refractivity contribution >= 4 is 0 Å². The summed E-state index contributed by atoms with van der Waals surface area (Å²) >= 11 is 0. The molecule has 3 nitrogen and oxygen atoms in total. The highest BCUT2D eigenvalue weighted by Crippen LogP contribution is 2.17. The van der Waals surface area contributed by atoms with Crippen molar-refractivity contribution in [2.24, 2.45) is 13.0 Å². The normalized spacial score (nSPS) is 10.9. The molecule has 0 amide bonds. The molecule has 3 heteroatoms. The maximum Gasteiger partial charge on any atom is 0.156 e. The van der Waals surface area contributed by atoms with Gasteiger partial charge in [0.05, 0.1) is 11.9 Å². The van der Waals surface area contributed by atoms with Gasteiger partial charge in [-0.15, -0.1) is 0 Å². The number of aromatic hydroxyl groups is 1. The maximum absolute atomic E-state index is 9.30. The van der Waals surface area contributed by atoms with Gasteiger partial charge in [0.15, 0.2) is 5.75 Å². The molecule has 0 aliphatic carbocycles. The highest BCUT2D eigenvalue weighted by molar-refractivity contribution is 5.23. The van der Waals surface area contributed by atoms with Gasteiger partial charge in [-0.05, 0) is 12.3 Å². The van der Waals surface area contributed by atoms with E-state index in [1.807, 2.05) is 7.05 Å². The Balaban J connectivity index is 2.83. The lowest BCUT2D eigenvalue weighted by Crippen LogP contribution is -2.02. The molecule has 1 aromatic rings. The minimum absolute atomic E-state index is 0.307. The molecule has 0 atom stereocenters. The Morgan fingerprint density at radius 3 is 2.64 bits per heavy atom. The summed E-state index contributed by atoms with van der Waals surface area (Å²) in [5.41, 5.74) is 0.917. The van der Waals surface area contributed by atoms with Crippen molar-refractivity contribution in [1.29, 1.82) is 0 Å². The summed E-state index contributed by atoms with van der Waals surface area (Å²) in [5, 5.41) is 13.2. The lowest BCUT2D eigenvalue weighted by molar-refractivity contribution is 0.458. The fourth-order valence-electron chi connectivity index (χ4n) is 1.07. The second kappa shape index (κ2) is 2.95. The second-order valence-electron chi connectivity index (χ2n) is 3.20. The van der Waals surface area contributed by atoms with Crippen LogP contribution in [0.15, 0.2) is 6.20 Å². The first kappa shape index (κ1) is 8.11. The van der Waals surface area contributed by atoms with Gasteiger partial charge in [0.25, 0.3) is 0 Å². The van der Waals surface area contributed by atoms with E-state index in [1.54, 1.807) is 4.68 Å². The molecule has 0 spiro atoms. The van der Waals surface area contributed by atoms with Crippen LogP contribution in [-0.2, 0) is 13.5 Å². The van der Waals surface area contributed by atoms with Crippen molar-refractivity contribution in [2.45, 2.75) is 20.3 Å². The Hall–Kier alpha value is -0.990. The molecule has 0 aliphatic rings. The summed E-state index contributed by atoms with van der Waals surface area (Å²) in [6, 6.07) is 0. The predicted molar refractivity (Wildman–Crippen MR) is 43.4 cm³/mol. The average Bonchev–Trinajstić information content (AvgIpc) is 2.18. The molecule has 1 aromatic heterocycles. The minimum atomic E-state index is 0.307. The molecule has 1 rings (SSSR count). The Kier molecular flexibility index (Phi) is 2.17. The van der Waals surface area contributed by atoms with E-state index >= 15 is 0 Å². The van der Waals surface area contributed by atoms with Gasteiger partial charge in [-0.2, -0.15) is 5.10 Å². The van der Waals surface area contributed by atoms with Crippen LogP contribution in [0.2, 0.25) is 0 Å². The molecule has 11 heavy (non-hydrogen) atoms. The molecule has 0 saturated heterocycles. The van der Waals surface area contributed by atoms with E-state index in [4.69, 9.17) is 0 Å². The van der Waals surface area contributed by atoms with Gasteiger partial charge in [0.1, 0.15) is 0 Å². The van der Waals surface area contributed by atoms with Gasteiger partial charge in [0, 0.05) is 7.05 Å². The SMILES string of the molecule is CC(C)Cc1c(O)cnn1C. The number of aromatic nitrogens is 2. The van der Waals surface area contributed by atoms with Gasteiger partial charge in [-0.3, -0.25) is 4.68 Å². The van der Waals surface area contributed by atoms with Crippen molar-refractivity contribution < 1.29 is 5.11 Å². The van der Waals surface area contributed by atoms with Gasteiger partial charge in [-0.1, -0.05) is 13.8 Å². The molecule has 62 valence electrons. The Bertz CT molecular complexity index is 221. The van der Waals surface area contributed by atoms with E-state index in [2.05, 4.69) is 18.9 Å². The molecule has 0 saturated carbocycles. The van der Waals surface area contributed by atoms with Crippen LogP contribution in [0.3, 0.4) is 0 Å². The summed E-state index contributed by atoms with van der Waals surface area (Å²) in [4.78, 5) is 0. The molecular weight excluding hydrogens is 140 g/mol. The van der Waals surface area contributed by atoms with Gasteiger partial charge in [-0.25, -0.2) is 0 Å². The lowest BCUT2D eigenvalue weighted by atomic mass is 10.1. The third kappa shape index (κ3) is 1.73. The lowest BCUT2D eigenvalue weighted by Gasteiger charge is -2.04.